The van der Waals surface area contributed by atoms with Crippen molar-refractivity contribution >= 4 is 0 Å². The topological polar surface area (TPSA) is 3.24 Å². The first-order valence-corrected chi connectivity index (χ1v) is 6.20. The summed E-state index contributed by atoms with van der Waals surface area (Å²) in [6, 6.07) is 8.03. The highest BCUT2D eigenvalue weighted by Gasteiger charge is 2.19. The maximum Gasteiger partial charge on any atom is 0.115 e. The van der Waals surface area contributed by atoms with E-state index in [0.717, 1.165) is 12.1 Å². The van der Waals surface area contributed by atoms with Crippen molar-refractivity contribution in [1.82, 2.24) is 4.90 Å². The van der Waals surface area contributed by atoms with Crippen molar-refractivity contribution in [2.45, 2.75) is 32.4 Å². The van der Waals surface area contributed by atoms with E-state index in [9.17, 15) is 4.39 Å². The summed E-state index contributed by atoms with van der Waals surface area (Å²) in [7, 11) is 0. The van der Waals surface area contributed by atoms with Crippen molar-refractivity contribution in [1.29, 1.82) is 0 Å². The Morgan fingerprint density at radius 1 is 1.19 bits per heavy atom. The Labute approximate surface area is 97.3 Å². The fourth-order valence-corrected chi connectivity index (χ4v) is 2.46. The third kappa shape index (κ3) is 2.62. The highest BCUT2D eigenvalue weighted by atomic mass is 19.1. The van der Waals surface area contributed by atoms with Gasteiger partial charge < -0.3 is 4.90 Å². The normalized spacial score (nSPS) is 18.9. The van der Waals surface area contributed by atoms with Gasteiger partial charge in [-0.3, -0.25) is 0 Å². The molecule has 0 radical (unpaired) electrons. The van der Waals surface area contributed by atoms with Crippen LogP contribution in [0.1, 0.15) is 36.8 Å². The molecule has 0 unspecified atom stereocenters. The highest BCUT2D eigenvalue weighted by Crippen LogP contribution is 2.28. The molecule has 0 N–H and O–H groups in total. The van der Waals surface area contributed by atoms with E-state index in [0.29, 0.717) is 5.92 Å². The zero-order chi connectivity index (χ0) is 11.4. The number of alkyl halides is 1. The zero-order valence-electron chi connectivity index (χ0n) is 9.95. The first kappa shape index (κ1) is 11.6. The predicted octanol–water partition coefficient (Wildman–Crippen LogP) is 3.36. The van der Waals surface area contributed by atoms with Crippen LogP contribution in [0.25, 0.3) is 0 Å². The number of hydrogen-bond acceptors (Lipinski definition) is 1. The first-order valence-electron chi connectivity index (χ1n) is 6.20. The van der Waals surface area contributed by atoms with Crippen LogP contribution < -0.4 is 0 Å². The zero-order valence-corrected chi connectivity index (χ0v) is 9.95. The second-order valence-electron chi connectivity index (χ2n) is 4.58. The summed E-state index contributed by atoms with van der Waals surface area (Å²) >= 11 is 0. The molecule has 0 aromatic heterocycles. The molecule has 0 amide bonds. The molecule has 0 atom stereocenters. The number of halogens is 1. The number of hydrogen-bond donors (Lipinski definition) is 0. The van der Waals surface area contributed by atoms with Crippen LogP contribution in [-0.2, 0) is 6.67 Å². The SMILES string of the molecule is CCN1CCC(c2ccc(CF)cc2)CC1. The average Bonchev–Trinajstić information content (AvgIpc) is 2.39. The molecule has 1 aliphatic heterocycles. The van der Waals surface area contributed by atoms with Crippen molar-refractivity contribution < 1.29 is 4.39 Å². The minimum Gasteiger partial charge on any atom is -0.304 e. The molecule has 1 saturated heterocycles. The minimum absolute atomic E-state index is 0.353. The maximum absolute atomic E-state index is 12.4. The van der Waals surface area contributed by atoms with E-state index in [1.807, 2.05) is 12.1 Å². The summed E-state index contributed by atoms with van der Waals surface area (Å²) < 4.78 is 12.4. The molecule has 2 rings (SSSR count). The number of piperidine rings is 1. The summed E-state index contributed by atoms with van der Waals surface area (Å²) in [6.45, 7) is 5.43. The van der Waals surface area contributed by atoms with Crippen molar-refractivity contribution in [2.24, 2.45) is 0 Å². The Balaban J connectivity index is 1.97. The van der Waals surface area contributed by atoms with E-state index in [4.69, 9.17) is 0 Å². The maximum atomic E-state index is 12.4. The molecule has 16 heavy (non-hydrogen) atoms. The monoisotopic (exact) mass is 221 g/mol. The van der Waals surface area contributed by atoms with Gasteiger partial charge >= 0.3 is 0 Å². The van der Waals surface area contributed by atoms with E-state index in [-0.39, 0.29) is 6.67 Å². The first-order chi connectivity index (χ1) is 7.83. The van der Waals surface area contributed by atoms with Gasteiger partial charge in [-0.1, -0.05) is 31.2 Å². The van der Waals surface area contributed by atoms with Gasteiger partial charge in [-0.05, 0) is 49.5 Å². The Morgan fingerprint density at radius 2 is 1.81 bits per heavy atom. The van der Waals surface area contributed by atoms with Crippen molar-refractivity contribution in [2.75, 3.05) is 19.6 Å². The quantitative estimate of drug-likeness (QED) is 0.756. The van der Waals surface area contributed by atoms with Crippen molar-refractivity contribution in [3.8, 4) is 0 Å². The molecular weight excluding hydrogens is 201 g/mol. The van der Waals surface area contributed by atoms with Gasteiger partial charge in [0.05, 0.1) is 0 Å². The van der Waals surface area contributed by atoms with Gasteiger partial charge in [-0.2, -0.15) is 0 Å². The molecule has 1 aromatic rings. The van der Waals surface area contributed by atoms with Gasteiger partial charge in [-0.15, -0.1) is 0 Å². The Bertz CT molecular complexity index is 312. The van der Waals surface area contributed by atoms with Gasteiger partial charge in [-0.25, -0.2) is 4.39 Å². The standard InChI is InChI=1S/C14H20FN/c1-2-16-9-7-14(8-10-16)13-5-3-12(11-15)4-6-13/h3-6,14H,2,7-11H2,1H3. The molecule has 0 saturated carbocycles. The number of rotatable bonds is 3. The Kier molecular flexibility index (Phi) is 3.94. The summed E-state index contributed by atoms with van der Waals surface area (Å²) in [4.78, 5) is 2.49. The number of nitrogens with zero attached hydrogens (tertiary/aromatic N) is 1. The van der Waals surface area contributed by atoms with Crippen molar-refractivity contribution in [3.63, 3.8) is 0 Å². The van der Waals surface area contributed by atoms with E-state index in [2.05, 4.69) is 24.0 Å². The van der Waals surface area contributed by atoms with Crippen LogP contribution in [-0.4, -0.2) is 24.5 Å². The fraction of sp³-hybridized carbons (Fsp3) is 0.571. The molecule has 0 spiro atoms. The smallest absolute Gasteiger partial charge is 0.115 e. The summed E-state index contributed by atoms with van der Waals surface area (Å²) in [5, 5.41) is 0. The van der Waals surface area contributed by atoms with Gasteiger partial charge in [0.15, 0.2) is 0 Å². The molecule has 1 fully saturated rings. The molecule has 1 aliphatic rings. The third-order valence-electron chi connectivity index (χ3n) is 3.64. The predicted molar refractivity (Wildman–Crippen MR) is 65.3 cm³/mol. The molecule has 1 nitrogen and oxygen atoms in total. The second-order valence-corrected chi connectivity index (χ2v) is 4.58. The summed E-state index contributed by atoms with van der Waals surface area (Å²) in [5.74, 6) is 0.677. The largest absolute Gasteiger partial charge is 0.304 e. The van der Waals surface area contributed by atoms with Crippen LogP contribution in [0, 0.1) is 0 Å². The molecular formula is C14H20FN. The van der Waals surface area contributed by atoms with Crippen molar-refractivity contribution in [3.05, 3.63) is 35.4 Å². The Hall–Kier alpha value is -0.890. The molecule has 2 heteroatoms. The number of likely N-dealkylation sites (tertiary alicyclic amines) is 1. The van der Waals surface area contributed by atoms with Gasteiger partial charge in [0, 0.05) is 0 Å². The van der Waals surface area contributed by atoms with E-state index < -0.39 is 0 Å². The average molecular weight is 221 g/mol. The lowest BCUT2D eigenvalue weighted by atomic mass is 9.89. The number of benzene rings is 1. The van der Waals surface area contributed by atoms with E-state index >= 15 is 0 Å². The summed E-state index contributed by atoms with van der Waals surface area (Å²) in [5.41, 5.74) is 2.17. The van der Waals surface area contributed by atoms with Gasteiger partial charge in [0.2, 0.25) is 0 Å². The van der Waals surface area contributed by atoms with Crippen LogP contribution in [0.4, 0.5) is 4.39 Å². The van der Waals surface area contributed by atoms with Gasteiger partial charge in [0.1, 0.15) is 6.67 Å². The molecule has 0 aliphatic carbocycles. The lowest BCUT2D eigenvalue weighted by Crippen LogP contribution is -2.32. The molecule has 1 heterocycles. The van der Waals surface area contributed by atoms with E-state index in [1.165, 1.54) is 31.5 Å². The third-order valence-corrected chi connectivity index (χ3v) is 3.64. The van der Waals surface area contributed by atoms with Crippen LogP contribution in [0.2, 0.25) is 0 Å². The molecule has 0 bridgehead atoms. The lowest BCUT2D eigenvalue weighted by Gasteiger charge is -2.31. The van der Waals surface area contributed by atoms with Crippen LogP contribution in [0.5, 0.6) is 0 Å². The van der Waals surface area contributed by atoms with Crippen LogP contribution in [0.3, 0.4) is 0 Å². The van der Waals surface area contributed by atoms with Crippen LogP contribution in [0.15, 0.2) is 24.3 Å². The second kappa shape index (κ2) is 5.44. The van der Waals surface area contributed by atoms with E-state index in [1.54, 1.807) is 0 Å². The van der Waals surface area contributed by atoms with Crippen LogP contribution >= 0.6 is 0 Å². The highest BCUT2D eigenvalue weighted by molar-refractivity contribution is 5.25. The molecule has 88 valence electrons. The minimum atomic E-state index is -0.353. The summed E-state index contributed by atoms with van der Waals surface area (Å²) in [6.07, 6.45) is 2.48. The Morgan fingerprint density at radius 3 is 2.31 bits per heavy atom. The lowest BCUT2D eigenvalue weighted by molar-refractivity contribution is 0.222. The van der Waals surface area contributed by atoms with Gasteiger partial charge in [0.25, 0.3) is 0 Å². The molecule has 1 aromatic carbocycles. The fourth-order valence-electron chi connectivity index (χ4n) is 2.46.